The molecule has 1 aromatic heterocycles. The maximum Gasteiger partial charge on any atom is 0.290 e. The predicted molar refractivity (Wildman–Crippen MR) is 115 cm³/mol. The van der Waals surface area contributed by atoms with Gasteiger partial charge >= 0.3 is 0 Å². The van der Waals surface area contributed by atoms with Crippen molar-refractivity contribution in [2.24, 2.45) is 0 Å². The van der Waals surface area contributed by atoms with Crippen LogP contribution in [0.3, 0.4) is 0 Å². The number of nitrogens with one attached hydrogen (secondary N) is 1. The summed E-state index contributed by atoms with van der Waals surface area (Å²) in [6.45, 7) is 5.75. The van der Waals surface area contributed by atoms with Crippen molar-refractivity contribution in [2.45, 2.75) is 63.7 Å². The number of benzene rings is 1. The number of ether oxygens (including phenoxy) is 1. The summed E-state index contributed by atoms with van der Waals surface area (Å²) >= 11 is 0. The van der Waals surface area contributed by atoms with E-state index in [1.54, 1.807) is 0 Å². The van der Waals surface area contributed by atoms with Crippen LogP contribution in [-0.2, 0) is 22.5 Å². The molecular weight excluding hydrogens is 382 g/mol. The molecule has 4 heterocycles. The van der Waals surface area contributed by atoms with Crippen molar-refractivity contribution < 1.29 is 19.4 Å². The lowest BCUT2D eigenvalue weighted by molar-refractivity contribution is -0.122. The van der Waals surface area contributed by atoms with Gasteiger partial charge in [-0.1, -0.05) is 25.1 Å². The number of hydrogen-bond donors (Lipinski definition) is 2. The van der Waals surface area contributed by atoms with Crippen molar-refractivity contribution in [1.29, 1.82) is 0 Å². The van der Waals surface area contributed by atoms with E-state index < -0.39 is 0 Å². The van der Waals surface area contributed by atoms with Gasteiger partial charge in [-0.15, -0.1) is 0 Å². The van der Waals surface area contributed by atoms with Crippen molar-refractivity contribution in [3.63, 3.8) is 0 Å². The molecule has 162 valence electrons. The molecule has 2 bridgehead atoms. The highest BCUT2D eigenvalue weighted by atomic mass is 16.5. The minimum Gasteiger partial charge on any atom is -0.483 e. The van der Waals surface area contributed by atoms with E-state index in [2.05, 4.69) is 39.9 Å². The monoisotopic (exact) mass is 413 g/mol. The zero-order valence-corrected chi connectivity index (χ0v) is 17.5. The van der Waals surface area contributed by atoms with Crippen molar-refractivity contribution in [2.75, 3.05) is 19.8 Å². The fourth-order valence-corrected chi connectivity index (χ4v) is 5.52. The molecular formula is C23H31N3O4. The number of aromatic nitrogens is 1. The zero-order chi connectivity index (χ0) is 21.1. The number of morpholine rings is 1. The maximum atomic E-state index is 13.3. The number of carbonyl (C=O) groups excluding carboxylic acids is 1. The average molecular weight is 414 g/mol. The van der Waals surface area contributed by atoms with Gasteiger partial charge in [0, 0.05) is 41.3 Å². The maximum absolute atomic E-state index is 13.3. The standard InChI is InChI=1S/C22H29N3O2.CH2O2/c1-2-9-24-16-11-15(12-17(24)14-27-13-16)23-22(26)21-18-6-3-4-7-19(18)25-10-5-8-20(21)25;2-1-3/h3-4,6-7,15-17H,2,5,8-14H2,1H3,(H,23,26);1H,(H,2,3). The molecule has 1 aromatic carbocycles. The van der Waals surface area contributed by atoms with Crippen LogP contribution in [-0.4, -0.2) is 64.8 Å². The first-order valence-electron chi connectivity index (χ1n) is 11.0. The minimum atomic E-state index is -0.250. The number of carboxylic acid groups (broad SMARTS) is 1. The number of hydrogen-bond acceptors (Lipinski definition) is 4. The van der Waals surface area contributed by atoms with Gasteiger partial charge in [-0.05, 0) is 44.7 Å². The van der Waals surface area contributed by atoms with Crippen LogP contribution >= 0.6 is 0 Å². The first kappa shape index (κ1) is 20.9. The Bertz CT molecular complexity index is 895. The number of amides is 1. The number of piperidine rings is 1. The van der Waals surface area contributed by atoms with E-state index in [1.165, 1.54) is 17.6 Å². The molecule has 0 spiro atoms. The van der Waals surface area contributed by atoms with Gasteiger partial charge in [0.1, 0.15) is 0 Å². The largest absolute Gasteiger partial charge is 0.483 e. The van der Waals surface area contributed by atoms with Crippen molar-refractivity contribution in [3.8, 4) is 0 Å². The molecule has 2 fully saturated rings. The third-order valence-corrected chi connectivity index (χ3v) is 6.59. The smallest absolute Gasteiger partial charge is 0.290 e. The van der Waals surface area contributed by atoms with E-state index >= 15 is 0 Å². The number of fused-ring (bicyclic) bond motifs is 5. The van der Waals surface area contributed by atoms with E-state index in [-0.39, 0.29) is 18.4 Å². The van der Waals surface area contributed by atoms with Gasteiger partial charge in [-0.25, -0.2) is 0 Å². The summed E-state index contributed by atoms with van der Waals surface area (Å²) in [4.78, 5) is 24.3. The van der Waals surface area contributed by atoms with Crippen LogP contribution in [0.4, 0.5) is 0 Å². The van der Waals surface area contributed by atoms with Gasteiger partial charge in [0.15, 0.2) is 0 Å². The number of para-hydroxylation sites is 1. The van der Waals surface area contributed by atoms with E-state index in [0.29, 0.717) is 12.1 Å². The van der Waals surface area contributed by atoms with Gasteiger partial charge in [0.2, 0.25) is 0 Å². The fraction of sp³-hybridized carbons (Fsp3) is 0.565. The van der Waals surface area contributed by atoms with Crippen LogP contribution in [0.1, 0.15) is 48.7 Å². The number of carbonyl (C=O) groups is 2. The lowest BCUT2D eigenvalue weighted by atomic mass is 9.89. The normalized spacial score (nSPS) is 25.3. The SMILES string of the molecule is CCCN1C2COCC1CC(NC(=O)c1c3n(c4ccccc14)CCC3)C2.O=CO. The molecule has 1 amide bonds. The highest BCUT2D eigenvalue weighted by Crippen LogP contribution is 2.32. The molecule has 30 heavy (non-hydrogen) atoms. The molecule has 3 aliphatic heterocycles. The zero-order valence-electron chi connectivity index (χ0n) is 17.5. The Balaban J connectivity index is 0.000000687. The summed E-state index contributed by atoms with van der Waals surface area (Å²) in [5.41, 5.74) is 3.35. The molecule has 2 unspecified atom stereocenters. The van der Waals surface area contributed by atoms with Gasteiger partial charge in [-0.2, -0.15) is 0 Å². The van der Waals surface area contributed by atoms with E-state index in [9.17, 15) is 4.79 Å². The van der Waals surface area contributed by atoms with Crippen molar-refractivity contribution in [3.05, 3.63) is 35.5 Å². The summed E-state index contributed by atoms with van der Waals surface area (Å²) in [5, 5.41) is 11.4. The summed E-state index contributed by atoms with van der Waals surface area (Å²) in [5.74, 6) is 0.120. The van der Waals surface area contributed by atoms with Crippen LogP contribution < -0.4 is 5.32 Å². The highest BCUT2D eigenvalue weighted by molar-refractivity contribution is 6.08. The average Bonchev–Trinajstić information content (AvgIpc) is 3.30. The molecule has 7 nitrogen and oxygen atoms in total. The molecule has 0 radical (unpaired) electrons. The van der Waals surface area contributed by atoms with Crippen LogP contribution in [0.5, 0.6) is 0 Å². The second kappa shape index (κ2) is 9.18. The van der Waals surface area contributed by atoms with Crippen LogP contribution in [0.2, 0.25) is 0 Å². The third-order valence-electron chi connectivity index (χ3n) is 6.59. The number of aryl methyl sites for hydroxylation is 1. The molecule has 2 aromatic rings. The summed E-state index contributed by atoms with van der Waals surface area (Å²) < 4.78 is 8.14. The summed E-state index contributed by atoms with van der Waals surface area (Å²) in [6.07, 6.45) is 5.31. The predicted octanol–water partition coefficient (Wildman–Crippen LogP) is 2.66. The number of nitrogens with zero attached hydrogens (tertiary/aromatic N) is 2. The first-order chi connectivity index (χ1) is 14.7. The second-order valence-corrected chi connectivity index (χ2v) is 8.42. The van der Waals surface area contributed by atoms with Gasteiger partial charge in [0.05, 0.1) is 18.8 Å². The molecule has 3 aliphatic rings. The quantitative estimate of drug-likeness (QED) is 0.753. The van der Waals surface area contributed by atoms with E-state index in [4.69, 9.17) is 14.6 Å². The lowest BCUT2D eigenvalue weighted by Gasteiger charge is -2.48. The van der Waals surface area contributed by atoms with E-state index in [1.807, 2.05) is 6.07 Å². The molecule has 2 atom stereocenters. The molecule has 5 rings (SSSR count). The molecule has 7 heteroatoms. The van der Waals surface area contributed by atoms with Crippen LogP contribution in [0.25, 0.3) is 10.9 Å². The first-order valence-corrected chi connectivity index (χ1v) is 11.0. The molecule has 0 saturated carbocycles. The Morgan fingerprint density at radius 3 is 2.67 bits per heavy atom. The van der Waals surface area contributed by atoms with Crippen LogP contribution in [0, 0.1) is 0 Å². The van der Waals surface area contributed by atoms with Crippen molar-refractivity contribution in [1.82, 2.24) is 14.8 Å². The fourth-order valence-electron chi connectivity index (χ4n) is 5.52. The molecule has 0 aliphatic carbocycles. The Labute approximate surface area is 177 Å². The third kappa shape index (κ3) is 3.84. The second-order valence-electron chi connectivity index (χ2n) is 8.42. The Kier molecular flexibility index (Phi) is 6.39. The summed E-state index contributed by atoms with van der Waals surface area (Å²) in [6, 6.07) is 9.49. The highest BCUT2D eigenvalue weighted by Gasteiger charge is 2.39. The minimum absolute atomic E-state index is 0.120. The molecule has 2 N–H and O–H groups in total. The molecule has 2 saturated heterocycles. The Hall–Kier alpha value is -2.38. The van der Waals surface area contributed by atoms with Gasteiger partial charge in [-0.3, -0.25) is 14.5 Å². The lowest BCUT2D eigenvalue weighted by Crippen LogP contribution is -2.60. The topological polar surface area (TPSA) is 83.8 Å². The van der Waals surface area contributed by atoms with E-state index in [0.717, 1.165) is 62.9 Å². The summed E-state index contributed by atoms with van der Waals surface area (Å²) in [7, 11) is 0. The Morgan fingerprint density at radius 1 is 1.27 bits per heavy atom. The van der Waals surface area contributed by atoms with Crippen LogP contribution in [0.15, 0.2) is 24.3 Å². The van der Waals surface area contributed by atoms with Gasteiger partial charge < -0.3 is 19.7 Å². The van der Waals surface area contributed by atoms with Gasteiger partial charge in [0.25, 0.3) is 12.4 Å². The Morgan fingerprint density at radius 2 is 1.97 bits per heavy atom. The number of rotatable bonds is 4. The van der Waals surface area contributed by atoms with Crippen molar-refractivity contribution >= 4 is 23.3 Å².